The van der Waals surface area contributed by atoms with Gasteiger partial charge in [0.2, 0.25) is 0 Å². The normalized spacial score (nSPS) is 11.3. The largest absolute Gasteiger partial charge is 0.348 e. The van der Waals surface area contributed by atoms with Gasteiger partial charge >= 0.3 is 0 Å². The van der Waals surface area contributed by atoms with Crippen molar-refractivity contribution in [1.29, 1.82) is 0 Å². The number of halogens is 1. The van der Waals surface area contributed by atoms with Crippen LogP contribution in [0.2, 0.25) is 0 Å². The average molecular weight is 372 g/mol. The van der Waals surface area contributed by atoms with E-state index in [1.165, 1.54) is 23.5 Å². The molecule has 1 aromatic carbocycles. The molecule has 1 N–H and O–H groups in total. The Hall–Kier alpha value is -2.47. The summed E-state index contributed by atoms with van der Waals surface area (Å²) >= 11 is 1.44. The van der Waals surface area contributed by atoms with Crippen LogP contribution in [0, 0.1) is 18.7 Å². The van der Waals surface area contributed by atoms with Crippen LogP contribution in [-0.4, -0.2) is 10.5 Å². The number of hydrogen-bond acceptors (Lipinski definition) is 3. The van der Waals surface area contributed by atoms with Gasteiger partial charge in [0.25, 0.3) is 11.5 Å². The van der Waals surface area contributed by atoms with Gasteiger partial charge in [0.15, 0.2) is 0 Å². The number of nitrogens with zero attached hydrogens (tertiary/aromatic N) is 1. The van der Waals surface area contributed by atoms with E-state index in [-0.39, 0.29) is 23.8 Å². The van der Waals surface area contributed by atoms with Crippen LogP contribution in [0.4, 0.5) is 4.39 Å². The minimum absolute atomic E-state index is 0.142. The Morgan fingerprint density at radius 1 is 1.31 bits per heavy atom. The molecule has 2 aromatic heterocycles. The number of rotatable bonds is 5. The molecular formula is C20H21FN2O2S. The zero-order valence-electron chi connectivity index (χ0n) is 15.0. The first kappa shape index (κ1) is 18.3. The van der Waals surface area contributed by atoms with Crippen LogP contribution in [0.15, 0.2) is 41.3 Å². The number of hydrogen-bond donors (Lipinski definition) is 1. The molecule has 0 aliphatic carbocycles. The maximum Gasteiger partial charge on any atom is 0.260 e. The van der Waals surface area contributed by atoms with Gasteiger partial charge in [-0.15, -0.1) is 11.3 Å². The van der Waals surface area contributed by atoms with Crippen LogP contribution in [0.25, 0.3) is 10.1 Å². The van der Waals surface area contributed by atoms with Crippen molar-refractivity contribution >= 4 is 27.3 Å². The number of nitrogens with one attached hydrogen (secondary N) is 1. The lowest BCUT2D eigenvalue weighted by atomic mass is 10.1. The van der Waals surface area contributed by atoms with Gasteiger partial charge in [0, 0.05) is 28.9 Å². The van der Waals surface area contributed by atoms with Gasteiger partial charge in [0.05, 0.1) is 10.9 Å². The van der Waals surface area contributed by atoms with Crippen LogP contribution >= 0.6 is 11.3 Å². The van der Waals surface area contributed by atoms with E-state index in [4.69, 9.17) is 0 Å². The molecule has 1 amide bonds. The molecule has 0 aliphatic heterocycles. The summed E-state index contributed by atoms with van der Waals surface area (Å²) in [6.07, 6.45) is 1.79. The molecule has 0 fully saturated rings. The van der Waals surface area contributed by atoms with Crippen molar-refractivity contribution in [2.45, 2.75) is 33.9 Å². The number of fused-ring (bicyclic) bond motifs is 1. The van der Waals surface area contributed by atoms with Crippen molar-refractivity contribution in [3.63, 3.8) is 0 Å². The smallest absolute Gasteiger partial charge is 0.260 e. The number of aromatic nitrogens is 1. The molecule has 0 unspecified atom stereocenters. The summed E-state index contributed by atoms with van der Waals surface area (Å²) in [7, 11) is 0. The fourth-order valence-electron chi connectivity index (χ4n) is 2.99. The third-order valence-corrected chi connectivity index (χ3v) is 5.19. The Kier molecular flexibility index (Phi) is 5.23. The fraction of sp³-hybridized carbons (Fsp3) is 0.300. The van der Waals surface area contributed by atoms with Gasteiger partial charge in [-0.2, -0.15) is 0 Å². The van der Waals surface area contributed by atoms with Crippen molar-refractivity contribution in [1.82, 2.24) is 9.88 Å². The molecule has 0 saturated heterocycles. The lowest BCUT2D eigenvalue weighted by molar-refractivity contribution is 0.0952. The zero-order chi connectivity index (χ0) is 18.8. The van der Waals surface area contributed by atoms with Crippen molar-refractivity contribution in [3.8, 4) is 0 Å². The van der Waals surface area contributed by atoms with E-state index >= 15 is 0 Å². The van der Waals surface area contributed by atoms with Gasteiger partial charge in [-0.25, -0.2) is 4.39 Å². The molecule has 3 rings (SSSR count). The average Bonchev–Trinajstić information content (AvgIpc) is 2.92. The van der Waals surface area contributed by atoms with E-state index in [2.05, 4.69) is 5.32 Å². The number of aryl methyl sites for hydroxylation is 1. The molecule has 0 radical (unpaired) electrons. The topological polar surface area (TPSA) is 51.1 Å². The maximum atomic E-state index is 13.3. The summed E-state index contributed by atoms with van der Waals surface area (Å²) in [5.74, 6) is -0.321. The molecule has 2 heterocycles. The number of pyridine rings is 1. The highest BCUT2D eigenvalue weighted by molar-refractivity contribution is 7.19. The third kappa shape index (κ3) is 3.70. The quantitative estimate of drug-likeness (QED) is 0.733. The van der Waals surface area contributed by atoms with E-state index < -0.39 is 0 Å². The van der Waals surface area contributed by atoms with Gasteiger partial charge in [-0.05, 0) is 36.6 Å². The lowest BCUT2D eigenvalue weighted by Crippen LogP contribution is -2.27. The molecule has 136 valence electrons. The number of carbonyl (C=O) groups excluding carboxylic acids is 1. The Morgan fingerprint density at radius 3 is 2.77 bits per heavy atom. The van der Waals surface area contributed by atoms with Gasteiger partial charge in [-0.3, -0.25) is 9.59 Å². The zero-order valence-corrected chi connectivity index (χ0v) is 15.8. The second-order valence-electron chi connectivity index (χ2n) is 6.75. The summed E-state index contributed by atoms with van der Waals surface area (Å²) in [4.78, 5) is 26.4. The van der Waals surface area contributed by atoms with Crippen LogP contribution in [0.1, 0.15) is 34.6 Å². The van der Waals surface area contributed by atoms with E-state index in [1.54, 1.807) is 22.9 Å². The highest BCUT2D eigenvalue weighted by Crippen LogP contribution is 2.28. The van der Waals surface area contributed by atoms with Crippen molar-refractivity contribution in [2.75, 3.05) is 0 Å². The van der Waals surface area contributed by atoms with Crippen molar-refractivity contribution in [2.24, 2.45) is 5.92 Å². The molecule has 26 heavy (non-hydrogen) atoms. The number of benzene rings is 1. The molecule has 4 nitrogen and oxygen atoms in total. The Labute approximate surface area is 155 Å². The Morgan fingerprint density at radius 2 is 2.08 bits per heavy atom. The fourth-order valence-corrected chi connectivity index (χ4v) is 4.04. The third-order valence-electron chi connectivity index (χ3n) is 4.12. The van der Waals surface area contributed by atoms with Crippen LogP contribution < -0.4 is 10.9 Å². The summed E-state index contributed by atoms with van der Waals surface area (Å²) in [5.41, 5.74) is 0.953. The molecule has 0 saturated carbocycles. The highest BCUT2D eigenvalue weighted by Gasteiger charge is 2.20. The van der Waals surface area contributed by atoms with Crippen LogP contribution in [0.3, 0.4) is 0 Å². The van der Waals surface area contributed by atoms with E-state index in [9.17, 15) is 14.0 Å². The van der Waals surface area contributed by atoms with Crippen LogP contribution in [-0.2, 0) is 13.1 Å². The molecule has 0 spiro atoms. The first-order valence-corrected chi connectivity index (χ1v) is 9.33. The minimum Gasteiger partial charge on any atom is -0.348 e. The monoisotopic (exact) mass is 372 g/mol. The Bertz CT molecular complexity index is 1020. The second-order valence-corrected chi connectivity index (χ2v) is 8.01. The predicted octanol–water partition coefficient (Wildman–Crippen LogP) is 4.10. The summed E-state index contributed by atoms with van der Waals surface area (Å²) in [6.45, 7) is 6.74. The van der Waals surface area contributed by atoms with Gasteiger partial charge < -0.3 is 9.88 Å². The summed E-state index contributed by atoms with van der Waals surface area (Å²) < 4.78 is 15.7. The first-order chi connectivity index (χ1) is 12.4. The van der Waals surface area contributed by atoms with E-state index in [0.717, 1.165) is 9.58 Å². The van der Waals surface area contributed by atoms with Gasteiger partial charge in [0.1, 0.15) is 5.82 Å². The van der Waals surface area contributed by atoms with Gasteiger partial charge in [-0.1, -0.05) is 26.0 Å². The standard InChI is InChI=1S/C20H21FN2O2S/c1-12(2)11-23-8-7-16-18(20(23)25)17(13(3)26-16)19(24)22-10-14-5-4-6-15(21)9-14/h4-9,12H,10-11H2,1-3H3,(H,22,24). The van der Waals surface area contributed by atoms with Crippen molar-refractivity contribution in [3.05, 3.63) is 68.7 Å². The lowest BCUT2D eigenvalue weighted by Gasteiger charge is -2.09. The minimum atomic E-state index is -0.342. The number of thiophene rings is 1. The summed E-state index contributed by atoms with van der Waals surface area (Å²) in [5, 5.41) is 3.27. The molecular weight excluding hydrogens is 351 g/mol. The Balaban J connectivity index is 1.94. The highest BCUT2D eigenvalue weighted by atomic mass is 32.1. The molecule has 0 bridgehead atoms. The number of amides is 1. The molecule has 3 aromatic rings. The molecule has 0 atom stereocenters. The predicted molar refractivity (Wildman–Crippen MR) is 103 cm³/mol. The molecule has 0 aliphatic rings. The van der Waals surface area contributed by atoms with E-state index in [1.807, 2.05) is 26.8 Å². The van der Waals surface area contributed by atoms with Crippen LogP contribution in [0.5, 0.6) is 0 Å². The number of carbonyl (C=O) groups is 1. The SMILES string of the molecule is Cc1sc2ccn(CC(C)C)c(=O)c2c1C(=O)NCc1cccc(F)c1. The maximum absolute atomic E-state index is 13.3. The van der Waals surface area contributed by atoms with Crippen molar-refractivity contribution < 1.29 is 9.18 Å². The first-order valence-electron chi connectivity index (χ1n) is 8.52. The second kappa shape index (κ2) is 7.41. The molecule has 6 heteroatoms. The van der Waals surface area contributed by atoms with E-state index in [0.29, 0.717) is 29.0 Å². The summed E-state index contributed by atoms with van der Waals surface area (Å²) in [6, 6.07) is 7.98.